The van der Waals surface area contributed by atoms with E-state index in [9.17, 15) is 13.2 Å². The van der Waals surface area contributed by atoms with E-state index in [0.717, 1.165) is 12.0 Å². The molecule has 0 amide bonds. The zero-order valence-corrected chi connectivity index (χ0v) is 14.6. The smallest absolute Gasteiger partial charge is 0.338 e. The monoisotopic (exact) mass is 368 g/mol. The van der Waals surface area contributed by atoms with Gasteiger partial charge in [-0.1, -0.05) is 29.8 Å². The molecule has 5 nitrogen and oxygen atoms in total. The summed E-state index contributed by atoms with van der Waals surface area (Å²) < 4.78 is 33.8. The molecule has 0 aliphatic carbocycles. The van der Waals surface area contributed by atoms with E-state index in [1.165, 1.54) is 18.2 Å². The normalized spacial score (nSPS) is 11.1. The van der Waals surface area contributed by atoms with E-state index in [-0.39, 0.29) is 22.1 Å². The largest absolute Gasteiger partial charge is 0.493 e. The van der Waals surface area contributed by atoms with Crippen LogP contribution in [-0.2, 0) is 14.6 Å². The van der Waals surface area contributed by atoms with Crippen LogP contribution in [0.3, 0.4) is 0 Å². The van der Waals surface area contributed by atoms with Crippen LogP contribution in [0.4, 0.5) is 0 Å². The van der Waals surface area contributed by atoms with Crippen LogP contribution in [0.25, 0.3) is 0 Å². The first kappa shape index (κ1) is 18.3. The Morgan fingerprint density at radius 1 is 1.08 bits per heavy atom. The van der Waals surface area contributed by atoms with Crippen molar-refractivity contribution in [3.8, 4) is 5.75 Å². The standard InChI is InChI=1S/C17H17ClO5S/c1-24(20,21)16-12-13(8-9-15(16)18)17(19)23-11-5-10-22-14-6-3-2-4-7-14/h2-4,6-9,12H,5,10-11H2,1H3. The number of rotatable bonds is 7. The van der Waals surface area contributed by atoms with Crippen molar-refractivity contribution < 1.29 is 22.7 Å². The predicted octanol–water partition coefficient (Wildman–Crippen LogP) is 3.37. The van der Waals surface area contributed by atoms with Crippen molar-refractivity contribution in [1.82, 2.24) is 0 Å². The molecule has 0 N–H and O–H groups in total. The zero-order chi connectivity index (χ0) is 17.6. The number of halogens is 1. The summed E-state index contributed by atoms with van der Waals surface area (Å²) in [6, 6.07) is 13.3. The first-order chi connectivity index (χ1) is 11.4. The topological polar surface area (TPSA) is 69.7 Å². The molecule has 0 aliphatic rings. The van der Waals surface area contributed by atoms with Gasteiger partial charge in [-0.15, -0.1) is 0 Å². The van der Waals surface area contributed by atoms with Crippen molar-refractivity contribution in [3.63, 3.8) is 0 Å². The van der Waals surface area contributed by atoms with E-state index in [4.69, 9.17) is 21.1 Å². The fourth-order valence-corrected chi connectivity index (χ4v) is 3.23. The molecule has 128 valence electrons. The zero-order valence-electron chi connectivity index (χ0n) is 13.1. The number of carbonyl (C=O) groups excluding carboxylic acids is 1. The van der Waals surface area contributed by atoms with E-state index >= 15 is 0 Å². The summed E-state index contributed by atoms with van der Waals surface area (Å²) in [5.41, 5.74) is 0.142. The second-order valence-electron chi connectivity index (χ2n) is 5.07. The Bertz CT molecular complexity index is 803. The van der Waals surface area contributed by atoms with Crippen molar-refractivity contribution in [2.75, 3.05) is 19.5 Å². The Morgan fingerprint density at radius 3 is 2.46 bits per heavy atom. The van der Waals surface area contributed by atoms with Crippen molar-refractivity contribution in [3.05, 3.63) is 59.1 Å². The molecular formula is C17H17ClO5S. The summed E-state index contributed by atoms with van der Waals surface area (Å²) in [7, 11) is -3.51. The molecule has 24 heavy (non-hydrogen) atoms. The Morgan fingerprint density at radius 2 is 1.79 bits per heavy atom. The summed E-state index contributed by atoms with van der Waals surface area (Å²) in [5, 5.41) is 0.0744. The van der Waals surface area contributed by atoms with Crippen LogP contribution in [0, 0.1) is 0 Å². The lowest BCUT2D eigenvalue weighted by molar-refractivity contribution is 0.0485. The minimum absolute atomic E-state index is 0.0744. The molecule has 0 bridgehead atoms. The van der Waals surface area contributed by atoms with Crippen molar-refractivity contribution in [2.45, 2.75) is 11.3 Å². The second-order valence-corrected chi connectivity index (χ2v) is 7.46. The molecule has 0 fully saturated rings. The van der Waals surface area contributed by atoms with Gasteiger partial charge in [0.25, 0.3) is 0 Å². The van der Waals surface area contributed by atoms with Gasteiger partial charge in [0.05, 0.1) is 28.7 Å². The maximum absolute atomic E-state index is 12.0. The number of para-hydroxylation sites is 1. The second kappa shape index (κ2) is 8.17. The highest BCUT2D eigenvalue weighted by molar-refractivity contribution is 7.90. The molecule has 0 heterocycles. The Hall–Kier alpha value is -2.05. The molecule has 0 aliphatic heterocycles. The molecule has 0 unspecified atom stereocenters. The summed E-state index contributed by atoms with van der Waals surface area (Å²) in [5.74, 6) is 0.149. The Kier molecular flexibility index (Phi) is 6.23. The van der Waals surface area contributed by atoms with Gasteiger partial charge in [0, 0.05) is 12.7 Å². The van der Waals surface area contributed by atoms with E-state index in [0.29, 0.717) is 13.0 Å². The van der Waals surface area contributed by atoms with E-state index < -0.39 is 15.8 Å². The lowest BCUT2D eigenvalue weighted by atomic mass is 10.2. The van der Waals surface area contributed by atoms with Crippen molar-refractivity contribution in [1.29, 1.82) is 0 Å². The van der Waals surface area contributed by atoms with Crippen LogP contribution >= 0.6 is 11.6 Å². The minimum atomic E-state index is -3.51. The number of hydrogen-bond acceptors (Lipinski definition) is 5. The molecule has 0 spiro atoms. The minimum Gasteiger partial charge on any atom is -0.493 e. The summed E-state index contributed by atoms with van der Waals surface area (Å²) in [4.78, 5) is 11.9. The number of esters is 1. The molecule has 2 aromatic rings. The fourth-order valence-electron chi connectivity index (χ4n) is 1.93. The summed E-state index contributed by atoms with van der Waals surface area (Å²) >= 11 is 5.84. The Balaban J connectivity index is 1.85. The summed E-state index contributed by atoms with van der Waals surface area (Å²) in [6.45, 7) is 0.578. The molecule has 2 rings (SSSR count). The number of ether oxygens (including phenoxy) is 2. The van der Waals surface area contributed by atoms with Gasteiger partial charge in [-0.25, -0.2) is 13.2 Å². The van der Waals surface area contributed by atoms with Crippen LogP contribution < -0.4 is 4.74 Å². The highest BCUT2D eigenvalue weighted by Crippen LogP contribution is 2.23. The van der Waals surface area contributed by atoms with E-state index in [1.807, 2.05) is 30.3 Å². The highest BCUT2D eigenvalue weighted by Gasteiger charge is 2.16. The summed E-state index contributed by atoms with van der Waals surface area (Å²) in [6.07, 6.45) is 1.55. The van der Waals surface area contributed by atoms with Crippen LogP contribution in [0.2, 0.25) is 5.02 Å². The lowest BCUT2D eigenvalue weighted by Gasteiger charge is -2.08. The molecule has 2 aromatic carbocycles. The number of hydrogen-bond donors (Lipinski definition) is 0. The van der Waals surface area contributed by atoms with Crippen molar-refractivity contribution >= 4 is 27.4 Å². The lowest BCUT2D eigenvalue weighted by Crippen LogP contribution is -2.10. The fraction of sp³-hybridized carbons (Fsp3) is 0.235. The van der Waals surface area contributed by atoms with Gasteiger partial charge in [0.2, 0.25) is 0 Å². The third-order valence-corrected chi connectivity index (χ3v) is 4.68. The van der Waals surface area contributed by atoms with Crippen LogP contribution in [0.1, 0.15) is 16.8 Å². The number of carbonyl (C=O) groups is 1. The van der Waals surface area contributed by atoms with Gasteiger partial charge < -0.3 is 9.47 Å². The van der Waals surface area contributed by atoms with E-state index in [2.05, 4.69) is 0 Å². The van der Waals surface area contributed by atoms with Gasteiger partial charge in [-0.2, -0.15) is 0 Å². The molecule has 0 radical (unpaired) electrons. The quantitative estimate of drug-likeness (QED) is 0.553. The van der Waals surface area contributed by atoms with E-state index in [1.54, 1.807) is 0 Å². The molecule has 7 heteroatoms. The van der Waals surface area contributed by atoms with Crippen LogP contribution in [0.5, 0.6) is 5.75 Å². The highest BCUT2D eigenvalue weighted by atomic mass is 35.5. The van der Waals surface area contributed by atoms with Gasteiger partial charge in [0.15, 0.2) is 9.84 Å². The van der Waals surface area contributed by atoms with Crippen LogP contribution in [-0.4, -0.2) is 33.9 Å². The number of benzene rings is 2. The first-order valence-electron chi connectivity index (χ1n) is 7.22. The number of sulfone groups is 1. The maximum Gasteiger partial charge on any atom is 0.338 e. The van der Waals surface area contributed by atoms with Gasteiger partial charge >= 0.3 is 5.97 Å². The molecule has 0 saturated carbocycles. The average molecular weight is 369 g/mol. The van der Waals surface area contributed by atoms with Gasteiger partial charge in [-0.05, 0) is 30.3 Å². The maximum atomic E-state index is 12.0. The average Bonchev–Trinajstić information content (AvgIpc) is 2.54. The SMILES string of the molecule is CS(=O)(=O)c1cc(C(=O)OCCCOc2ccccc2)ccc1Cl. The van der Waals surface area contributed by atoms with Crippen LogP contribution in [0.15, 0.2) is 53.4 Å². The Labute approximate surface area is 146 Å². The molecule has 0 atom stereocenters. The van der Waals surface area contributed by atoms with Gasteiger partial charge in [0.1, 0.15) is 5.75 Å². The third-order valence-electron chi connectivity index (χ3n) is 3.10. The third kappa shape index (κ3) is 5.25. The molecular weight excluding hydrogens is 352 g/mol. The molecule has 0 saturated heterocycles. The first-order valence-corrected chi connectivity index (χ1v) is 9.49. The van der Waals surface area contributed by atoms with Gasteiger partial charge in [-0.3, -0.25) is 0 Å². The molecule has 0 aromatic heterocycles. The van der Waals surface area contributed by atoms with Crippen molar-refractivity contribution in [2.24, 2.45) is 0 Å². The predicted molar refractivity (Wildman–Crippen MR) is 91.4 cm³/mol.